The summed E-state index contributed by atoms with van der Waals surface area (Å²) >= 11 is 0. The molecule has 5 rings (SSSR count). The minimum atomic E-state index is -0.428. The Labute approximate surface area is 182 Å². The van der Waals surface area contributed by atoms with E-state index in [0.29, 0.717) is 30.3 Å². The second-order valence-corrected chi connectivity index (χ2v) is 7.62. The topological polar surface area (TPSA) is 103 Å². The molecule has 32 heavy (non-hydrogen) atoms. The summed E-state index contributed by atoms with van der Waals surface area (Å²) < 4.78 is 21.5. The molecule has 0 radical (unpaired) electrons. The molecule has 1 saturated heterocycles. The van der Waals surface area contributed by atoms with Crippen LogP contribution in [0.5, 0.6) is 0 Å². The lowest BCUT2D eigenvalue weighted by atomic mass is 9.96. The van der Waals surface area contributed by atoms with Crippen molar-refractivity contribution >= 4 is 5.91 Å². The molecule has 0 aliphatic carbocycles. The summed E-state index contributed by atoms with van der Waals surface area (Å²) in [7, 11) is 0. The number of halogens is 1. The molecule has 1 aliphatic rings. The molecule has 1 aromatic carbocycles. The molecule has 10 heteroatoms. The molecule has 4 heterocycles. The van der Waals surface area contributed by atoms with E-state index in [-0.39, 0.29) is 23.4 Å². The fourth-order valence-electron chi connectivity index (χ4n) is 3.94. The molecule has 9 nitrogen and oxygen atoms in total. The predicted molar refractivity (Wildman–Crippen MR) is 112 cm³/mol. The van der Waals surface area contributed by atoms with Gasteiger partial charge in [-0.3, -0.25) is 9.78 Å². The molecule has 0 atom stereocenters. The Balaban J connectivity index is 1.53. The first-order valence-electron chi connectivity index (χ1n) is 10.3. The number of rotatable bonds is 4. The number of nitrogens with zero attached hydrogens (tertiary/aromatic N) is 7. The maximum atomic E-state index is 14.5. The Morgan fingerprint density at radius 2 is 1.88 bits per heavy atom. The van der Waals surface area contributed by atoms with Gasteiger partial charge >= 0.3 is 0 Å². The largest absolute Gasteiger partial charge is 0.343 e. The van der Waals surface area contributed by atoms with Gasteiger partial charge in [-0.05, 0) is 37.1 Å². The lowest BCUT2D eigenvalue weighted by Crippen LogP contribution is -2.36. The molecule has 0 N–H and O–H groups in total. The van der Waals surface area contributed by atoms with E-state index in [1.165, 1.54) is 10.7 Å². The van der Waals surface area contributed by atoms with Crippen molar-refractivity contribution in [3.63, 3.8) is 0 Å². The first-order valence-corrected chi connectivity index (χ1v) is 10.3. The Kier molecular flexibility index (Phi) is 5.18. The van der Waals surface area contributed by atoms with Gasteiger partial charge in [0.1, 0.15) is 17.2 Å². The smallest absolute Gasteiger partial charge is 0.280 e. The van der Waals surface area contributed by atoms with Gasteiger partial charge in [-0.1, -0.05) is 22.5 Å². The van der Waals surface area contributed by atoms with E-state index >= 15 is 0 Å². The molecular formula is C22H20FN7O2. The summed E-state index contributed by atoms with van der Waals surface area (Å²) in [6.07, 6.45) is 4.80. The Bertz CT molecular complexity index is 1250. The Morgan fingerprint density at radius 1 is 1.12 bits per heavy atom. The zero-order chi connectivity index (χ0) is 22.1. The van der Waals surface area contributed by atoms with Crippen molar-refractivity contribution in [3.05, 3.63) is 60.4 Å². The zero-order valence-corrected chi connectivity index (χ0v) is 17.3. The van der Waals surface area contributed by atoms with Gasteiger partial charge in [0, 0.05) is 43.9 Å². The van der Waals surface area contributed by atoms with Crippen molar-refractivity contribution in [2.45, 2.75) is 25.7 Å². The van der Waals surface area contributed by atoms with Gasteiger partial charge in [0.15, 0.2) is 11.5 Å². The molecule has 1 fully saturated rings. The number of benzene rings is 1. The summed E-state index contributed by atoms with van der Waals surface area (Å²) in [6.45, 7) is 2.90. The van der Waals surface area contributed by atoms with Crippen molar-refractivity contribution in [2.24, 2.45) is 0 Å². The first kappa shape index (κ1) is 20.0. The van der Waals surface area contributed by atoms with E-state index in [0.717, 1.165) is 18.4 Å². The summed E-state index contributed by atoms with van der Waals surface area (Å²) in [6, 6.07) is 9.91. The van der Waals surface area contributed by atoms with Gasteiger partial charge in [-0.25, -0.2) is 9.07 Å². The highest BCUT2D eigenvalue weighted by atomic mass is 19.1. The second kappa shape index (κ2) is 8.29. The van der Waals surface area contributed by atoms with E-state index in [4.69, 9.17) is 4.52 Å². The van der Waals surface area contributed by atoms with Gasteiger partial charge in [0.2, 0.25) is 5.91 Å². The average molecular weight is 433 g/mol. The predicted octanol–water partition coefficient (Wildman–Crippen LogP) is 3.24. The fourth-order valence-corrected chi connectivity index (χ4v) is 3.94. The maximum Gasteiger partial charge on any atom is 0.280 e. The van der Waals surface area contributed by atoms with Gasteiger partial charge in [-0.15, -0.1) is 5.10 Å². The summed E-state index contributed by atoms with van der Waals surface area (Å²) in [5.41, 5.74) is 1.88. The van der Waals surface area contributed by atoms with Crippen LogP contribution in [0.25, 0.3) is 28.5 Å². The number of carbonyl (C=O) groups is 1. The normalized spacial score (nSPS) is 14.6. The van der Waals surface area contributed by atoms with Crippen molar-refractivity contribution < 1.29 is 13.7 Å². The lowest BCUT2D eigenvalue weighted by molar-refractivity contribution is -0.129. The van der Waals surface area contributed by atoms with Crippen LogP contribution in [0, 0.1) is 5.82 Å². The van der Waals surface area contributed by atoms with E-state index in [1.807, 2.05) is 4.90 Å². The minimum absolute atomic E-state index is 0.0732. The number of para-hydroxylation sites is 1. The van der Waals surface area contributed by atoms with Gasteiger partial charge < -0.3 is 9.42 Å². The number of hydrogen-bond acceptors (Lipinski definition) is 7. The molecule has 3 aromatic heterocycles. The average Bonchev–Trinajstić information content (AvgIpc) is 3.47. The fraction of sp³-hybridized carbons (Fsp3) is 0.273. The van der Waals surface area contributed by atoms with Gasteiger partial charge in [0.25, 0.3) is 5.89 Å². The number of amides is 1. The molecule has 0 unspecified atom stereocenters. The van der Waals surface area contributed by atoms with Crippen LogP contribution in [0.2, 0.25) is 0 Å². The maximum absolute atomic E-state index is 14.5. The molecule has 0 spiro atoms. The molecule has 0 saturated carbocycles. The highest BCUT2D eigenvalue weighted by Gasteiger charge is 2.28. The quantitative estimate of drug-likeness (QED) is 0.487. The summed E-state index contributed by atoms with van der Waals surface area (Å²) in [5, 5.41) is 12.6. The van der Waals surface area contributed by atoms with Crippen molar-refractivity contribution in [1.29, 1.82) is 0 Å². The van der Waals surface area contributed by atoms with Crippen LogP contribution in [0.15, 0.2) is 53.3 Å². The minimum Gasteiger partial charge on any atom is -0.343 e. The van der Waals surface area contributed by atoms with Crippen LogP contribution in [0.4, 0.5) is 4.39 Å². The van der Waals surface area contributed by atoms with Crippen LogP contribution in [0.3, 0.4) is 0 Å². The van der Waals surface area contributed by atoms with Crippen LogP contribution in [0.1, 0.15) is 31.5 Å². The number of pyridine rings is 1. The number of piperidine rings is 1. The third-order valence-corrected chi connectivity index (χ3v) is 5.65. The number of carbonyl (C=O) groups excluding carboxylic acids is 1. The van der Waals surface area contributed by atoms with Crippen LogP contribution in [-0.4, -0.2) is 54.0 Å². The summed E-state index contributed by atoms with van der Waals surface area (Å²) in [4.78, 5) is 22.0. The van der Waals surface area contributed by atoms with E-state index < -0.39 is 5.82 Å². The number of likely N-dealkylation sites (tertiary alicyclic amines) is 1. The monoisotopic (exact) mass is 433 g/mol. The van der Waals surface area contributed by atoms with E-state index in [9.17, 15) is 9.18 Å². The van der Waals surface area contributed by atoms with Gasteiger partial charge in [0.05, 0.1) is 0 Å². The van der Waals surface area contributed by atoms with Crippen molar-refractivity contribution in [3.8, 4) is 28.5 Å². The lowest BCUT2D eigenvalue weighted by Gasteiger charge is -2.29. The van der Waals surface area contributed by atoms with Crippen molar-refractivity contribution in [1.82, 2.24) is 35.0 Å². The molecule has 0 bridgehead atoms. The third kappa shape index (κ3) is 3.64. The molecule has 1 aliphatic heterocycles. The first-order chi connectivity index (χ1) is 15.6. The van der Waals surface area contributed by atoms with E-state index in [2.05, 4.69) is 25.4 Å². The summed E-state index contributed by atoms with van der Waals surface area (Å²) in [5.74, 6) is 0.522. The highest BCUT2D eigenvalue weighted by Crippen LogP contribution is 2.33. The van der Waals surface area contributed by atoms with Crippen LogP contribution >= 0.6 is 0 Å². The Morgan fingerprint density at radius 3 is 2.59 bits per heavy atom. The van der Waals surface area contributed by atoms with E-state index in [1.54, 1.807) is 49.6 Å². The van der Waals surface area contributed by atoms with Crippen LogP contribution < -0.4 is 0 Å². The molecule has 1 amide bonds. The third-order valence-electron chi connectivity index (χ3n) is 5.65. The molecule has 162 valence electrons. The SMILES string of the molecule is CC(=O)N1CCC(c2noc(-c3nnn(-c4ccccc4F)c3-c3ccncc3)n2)CC1. The number of hydrogen-bond donors (Lipinski definition) is 0. The molecule has 4 aromatic rings. The highest BCUT2D eigenvalue weighted by molar-refractivity contribution is 5.75. The molecular weight excluding hydrogens is 413 g/mol. The Hall–Kier alpha value is -3.95. The zero-order valence-electron chi connectivity index (χ0n) is 17.3. The van der Waals surface area contributed by atoms with Gasteiger partial charge in [-0.2, -0.15) is 4.98 Å². The van der Waals surface area contributed by atoms with Crippen molar-refractivity contribution in [2.75, 3.05) is 13.1 Å². The standard InChI is InChI=1S/C22H20FN7O2/c1-14(31)29-12-8-16(9-13-29)21-25-22(32-27-21)19-20(15-6-10-24-11-7-15)30(28-26-19)18-5-3-2-4-17(18)23/h2-7,10-11,16H,8-9,12-13H2,1H3. The second-order valence-electron chi connectivity index (χ2n) is 7.62. The van der Waals surface area contributed by atoms with Crippen LogP contribution in [-0.2, 0) is 4.79 Å². The number of aromatic nitrogens is 6.